The Balaban J connectivity index is 2.00. The molecule has 0 radical (unpaired) electrons. The number of para-hydroxylation sites is 1. The van der Waals surface area contributed by atoms with Gasteiger partial charge in [-0.05, 0) is 18.9 Å². The van der Waals surface area contributed by atoms with E-state index < -0.39 is 0 Å². The second-order valence-corrected chi connectivity index (χ2v) is 4.92. The third kappa shape index (κ3) is 3.74. The molecule has 0 atom stereocenters. The van der Waals surface area contributed by atoms with Crippen LogP contribution in [0.4, 0.5) is 5.69 Å². The van der Waals surface area contributed by atoms with Crippen molar-refractivity contribution in [1.82, 2.24) is 0 Å². The summed E-state index contributed by atoms with van der Waals surface area (Å²) in [4.78, 5) is 0. The Bertz CT molecular complexity index is 329. The number of rotatable bonds is 4. The SMILES string of the molecule is COCc1ccccc1NC1CCCCCC1. The Morgan fingerprint density at radius 1 is 1.12 bits per heavy atom. The number of methoxy groups -OCH3 is 1. The molecule has 1 N–H and O–H groups in total. The van der Waals surface area contributed by atoms with Crippen LogP contribution < -0.4 is 5.32 Å². The third-order valence-electron chi connectivity index (χ3n) is 3.53. The standard InChI is InChI=1S/C15H23NO/c1-17-12-13-8-6-7-11-15(13)16-14-9-4-2-3-5-10-14/h6-8,11,14,16H,2-5,9-10,12H2,1H3. The summed E-state index contributed by atoms with van der Waals surface area (Å²) in [5, 5.41) is 3.69. The van der Waals surface area contributed by atoms with Gasteiger partial charge in [-0.1, -0.05) is 43.9 Å². The molecule has 0 bridgehead atoms. The zero-order valence-corrected chi connectivity index (χ0v) is 10.7. The van der Waals surface area contributed by atoms with Crippen molar-refractivity contribution in [3.8, 4) is 0 Å². The summed E-state index contributed by atoms with van der Waals surface area (Å²) in [6.45, 7) is 0.690. The van der Waals surface area contributed by atoms with Crippen LogP contribution in [-0.4, -0.2) is 13.2 Å². The highest BCUT2D eigenvalue weighted by Gasteiger charge is 2.13. The first-order chi connectivity index (χ1) is 8.40. The van der Waals surface area contributed by atoms with Gasteiger partial charge in [-0.15, -0.1) is 0 Å². The number of hydrogen-bond acceptors (Lipinski definition) is 2. The van der Waals surface area contributed by atoms with E-state index in [9.17, 15) is 0 Å². The lowest BCUT2D eigenvalue weighted by atomic mass is 10.1. The van der Waals surface area contributed by atoms with Gasteiger partial charge >= 0.3 is 0 Å². The molecule has 2 rings (SSSR count). The van der Waals surface area contributed by atoms with E-state index in [1.54, 1.807) is 7.11 Å². The van der Waals surface area contributed by atoms with E-state index >= 15 is 0 Å². The Morgan fingerprint density at radius 3 is 2.53 bits per heavy atom. The molecule has 0 saturated heterocycles. The Kier molecular flexibility index (Phi) is 4.87. The molecule has 2 heteroatoms. The topological polar surface area (TPSA) is 21.3 Å². The summed E-state index contributed by atoms with van der Waals surface area (Å²) >= 11 is 0. The lowest BCUT2D eigenvalue weighted by Gasteiger charge is -2.20. The lowest BCUT2D eigenvalue weighted by Crippen LogP contribution is -2.19. The average molecular weight is 233 g/mol. The van der Waals surface area contributed by atoms with Crippen LogP contribution in [0.3, 0.4) is 0 Å². The molecule has 1 saturated carbocycles. The maximum atomic E-state index is 5.24. The molecular formula is C15H23NO. The first-order valence-corrected chi connectivity index (χ1v) is 6.73. The number of hydrogen-bond donors (Lipinski definition) is 1. The number of nitrogens with one attached hydrogen (secondary N) is 1. The van der Waals surface area contributed by atoms with Gasteiger partial charge in [0.15, 0.2) is 0 Å². The van der Waals surface area contributed by atoms with Gasteiger partial charge in [0.05, 0.1) is 6.61 Å². The van der Waals surface area contributed by atoms with E-state index in [1.165, 1.54) is 49.8 Å². The van der Waals surface area contributed by atoms with Crippen molar-refractivity contribution in [2.75, 3.05) is 12.4 Å². The van der Waals surface area contributed by atoms with Crippen molar-refractivity contribution in [3.63, 3.8) is 0 Å². The fraction of sp³-hybridized carbons (Fsp3) is 0.600. The van der Waals surface area contributed by atoms with Crippen LogP contribution in [0.5, 0.6) is 0 Å². The molecule has 2 nitrogen and oxygen atoms in total. The molecule has 17 heavy (non-hydrogen) atoms. The fourth-order valence-corrected chi connectivity index (χ4v) is 2.59. The van der Waals surface area contributed by atoms with Crippen molar-refractivity contribution in [3.05, 3.63) is 29.8 Å². The second-order valence-electron chi connectivity index (χ2n) is 4.92. The van der Waals surface area contributed by atoms with Gasteiger partial charge in [-0.25, -0.2) is 0 Å². The van der Waals surface area contributed by atoms with E-state index in [2.05, 4.69) is 29.6 Å². The zero-order valence-electron chi connectivity index (χ0n) is 10.7. The smallest absolute Gasteiger partial charge is 0.0733 e. The molecule has 1 aromatic carbocycles. The molecule has 0 amide bonds. The van der Waals surface area contributed by atoms with Crippen LogP contribution >= 0.6 is 0 Å². The zero-order chi connectivity index (χ0) is 11.9. The van der Waals surface area contributed by atoms with Gasteiger partial charge in [-0.3, -0.25) is 0 Å². The number of anilines is 1. The van der Waals surface area contributed by atoms with Crippen molar-refractivity contribution in [2.24, 2.45) is 0 Å². The van der Waals surface area contributed by atoms with E-state index in [-0.39, 0.29) is 0 Å². The van der Waals surface area contributed by atoms with Crippen LogP contribution in [0.2, 0.25) is 0 Å². The van der Waals surface area contributed by atoms with Gasteiger partial charge in [0.2, 0.25) is 0 Å². The minimum absolute atomic E-state index is 0.649. The lowest BCUT2D eigenvalue weighted by molar-refractivity contribution is 0.185. The Labute approximate surface area is 104 Å². The third-order valence-corrected chi connectivity index (χ3v) is 3.53. The van der Waals surface area contributed by atoms with Crippen molar-refractivity contribution in [1.29, 1.82) is 0 Å². The Hall–Kier alpha value is -1.02. The van der Waals surface area contributed by atoms with E-state index in [4.69, 9.17) is 4.74 Å². The van der Waals surface area contributed by atoms with Crippen LogP contribution in [0.25, 0.3) is 0 Å². The van der Waals surface area contributed by atoms with E-state index in [0.29, 0.717) is 12.6 Å². The van der Waals surface area contributed by atoms with Crippen molar-refractivity contribution < 1.29 is 4.74 Å². The predicted molar refractivity (Wildman–Crippen MR) is 72.3 cm³/mol. The number of benzene rings is 1. The molecule has 0 unspecified atom stereocenters. The summed E-state index contributed by atoms with van der Waals surface area (Å²) in [5.74, 6) is 0. The minimum atomic E-state index is 0.649. The molecule has 1 aliphatic rings. The monoisotopic (exact) mass is 233 g/mol. The van der Waals surface area contributed by atoms with Gasteiger partial charge in [0.1, 0.15) is 0 Å². The molecule has 0 heterocycles. The van der Waals surface area contributed by atoms with Crippen LogP contribution in [-0.2, 0) is 11.3 Å². The molecule has 1 aliphatic carbocycles. The molecule has 94 valence electrons. The molecular weight excluding hydrogens is 210 g/mol. The highest BCUT2D eigenvalue weighted by atomic mass is 16.5. The highest BCUT2D eigenvalue weighted by Crippen LogP contribution is 2.23. The van der Waals surface area contributed by atoms with Gasteiger partial charge < -0.3 is 10.1 Å². The minimum Gasteiger partial charge on any atom is -0.382 e. The highest BCUT2D eigenvalue weighted by molar-refractivity contribution is 5.51. The maximum Gasteiger partial charge on any atom is 0.0733 e. The summed E-state index contributed by atoms with van der Waals surface area (Å²) in [7, 11) is 1.75. The molecule has 1 fully saturated rings. The number of ether oxygens (including phenoxy) is 1. The normalized spacial score (nSPS) is 17.7. The fourth-order valence-electron chi connectivity index (χ4n) is 2.59. The molecule has 1 aromatic rings. The first-order valence-electron chi connectivity index (χ1n) is 6.73. The molecule has 0 aromatic heterocycles. The van der Waals surface area contributed by atoms with E-state index in [0.717, 1.165) is 0 Å². The predicted octanol–water partition coefficient (Wildman–Crippen LogP) is 3.97. The van der Waals surface area contributed by atoms with Gasteiger partial charge in [0.25, 0.3) is 0 Å². The summed E-state index contributed by atoms with van der Waals surface area (Å²) in [6, 6.07) is 9.13. The van der Waals surface area contributed by atoms with Gasteiger partial charge in [-0.2, -0.15) is 0 Å². The van der Waals surface area contributed by atoms with Crippen molar-refractivity contribution >= 4 is 5.69 Å². The van der Waals surface area contributed by atoms with E-state index in [1.807, 2.05) is 0 Å². The van der Waals surface area contributed by atoms with Crippen LogP contribution in [0, 0.1) is 0 Å². The van der Waals surface area contributed by atoms with Crippen molar-refractivity contribution in [2.45, 2.75) is 51.2 Å². The summed E-state index contributed by atoms with van der Waals surface area (Å²) in [6.07, 6.45) is 8.15. The Morgan fingerprint density at radius 2 is 1.82 bits per heavy atom. The van der Waals surface area contributed by atoms with Crippen LogP contribution in [0.15, 0.2) is 24.3 Å². The largest absolute Gasteiger partial charge is 0.382 e. The summed E-state index contributed by atoms with van der Waals surface area (Å²) < 4.78 is 5.24. The van der Waals surface area contributed by atoms with Gasteiger partial charge in [0, 0.05) is 24.4 Å². The molecule has 0 spiro atoms. The maximum absolute atomic E-state index is 5.24. The van der Waals surface area contributed by atoms with Crippen LogP contribution in [0.1, 0.15) is 44.1 Å². The summed E-state index contributed by atoms with van der Waals surface area (Å²) in [5.41, 5.74) is 2.51. The first kappa shape index (κ1) is 12.4. The molecule has 0 aliphatic heterocycles. The second kappa shape index (κ2) is 6.65. The average Bonchev–Trinajstić information content (AvgIpc) is 2.61. The quantitative estimate of drug-likeness (QED) is 0.795.